The van der Waals surface area contributed by atoms with Gasteiger partial charge in [0.1, 0.15) is 5.75 Å². The standard InChI is InChI=1S/C19H31NO/c1-2-3-4-8-14-21-19-13-9-12-18(15-19)20-16-17-10-6-5-7-11-17/h9,12-13,15,17,20H,2-8,10-11,14,16H2,1H3. The molecule has 0 unspecified atom stereocenters. The van der Waals surface area contributed by atoms with E-state index in [0.717, 1.165) is 31.2 Å². The highest BCUT2D eigenvalue weighted by Gasteiger charge is 2.12. The second kappa shape index (κ2) is 9.70. The van der Waals surface area contributed by atoms with Gasteiger partial charge in [0.2, 0.25) is 0 Å². The molecule has 1 N–H and O–H groups in total. The molecule has 0 aromatic heterocycles. The first kappa shape index (κ1) is 16.2. The Morgan fingerprint density at radius 3 is 2.76 bits per heavy atom. The molecule has 0 saturated heterocycles. The molecule has 1 fully saturated rings. The Labute approximate surface area is 130 Å². The molecular formula is C19H31NO. The van der Waals surface area contributed by atoms with Gasteiger partial charge < -0.3 is 10.1 Å². The number of hydrogen-bond donors (Lipinski definition) is 1. The van der Waals surface area contributed by atoms with Gasteiger partial charge in [-0.3, -0.25) is 0 Å². The third-order valence-electron chi connectivity index (χ3n) is 4.42. The monoisotopic (exact) mass is 289 g/mol. The molecule has 0 amide bonds. The van der Waals surface area contributed by atoms with Gasteiger partial charge in [0.15, 0.2) is 0 Å². The molecule has 2 nitrogen and oxygen atoms in total. The molecule has 2 rings (SSSR count). The minimum absolute atomic E-state index is 0.839. The average Bonchev–Trinajstić information content (AvgIpc) is 2.54. The molecule has 21 heavy (non-hydrogen) atoms. The van der Waals surface area contributed by atoms with E-state index in [1.807, 2.05) is 0 Å². The number of anilines is 1. The van der Waals surface area contributed by atoms with Gasteiger partial charge in [0.05, 0.1) is 6.61 Å². The van der Waals surface area contributed by atoms with Crippen LogP contribution in [0.3, 0.4) is 0 Å². The van der Waals surface area contributed by atoms with Gasteiger partial charge in [-0.1, -0.05) is 51.5 Å². The third kappa shape index (κ3) is 6.41. The predicted octanol–water partition coefficient (Wildman–Crippen LogP) is 5.64. The van der Waals surface area contributed by atoms with Gasteiger partial charge in [-0.25, -0.2) is 0 Å². The first-order valence-electron chi connectivity index (χ1n) is 8.85. The van der Waals surface area contributed by atoms with Crippen molar-refractivity contribution in [1.29, 1.82) is 0 Å². The summed E-state index contributed by atoms with van der Waals surface area (Å²) in [6, 6.07) is 8.44. The summed E-state index contributed by atoms with van der Waals surface area (Å²) in [5.41, 5.74) is 1.20. The summed E-state index contributed by atoms with van der Waals surface area (Å²) in [5.74, 6) is 1.86. The quantitative estimate of drug-likeness (QED) is 0.594. The Balaban J connectivity index is 1.69. The van der Waals surface area contributed by atoms with Gasteiger partial charge in [-0.15, -0.1) is 0 Å². The zero-order chi connectivity index (χ0) is 14.8. The van der Waals surface area contributed by atoms with Crippen LogP contribution in [0.1, 0.15) is 64.7 Å². The molecule has 1 aliphatic rings. The zero-order valence-electron chi connectivity index (χ0n) is 13.6. The van der Waals surface area contributed by atoms with Crippen molar-refractivity contribution in [3.63, 3.8) is 0 Å². The first-order chi connectivity index (χ1) is 10.4. The van der Waals surface area contributed by atoms with Crippen LogP contribution in [0, 0.1) is 5.92 Å². The topological polar surface area (TPSA) is 21.3 Å². The smallest absolute Gasteiger partial charge is 0.121 e. The van der Waals surface area contributed by atoms with Crippen molar-refractivity contribution in [1.82, 2.24) is 0 Å². The summed E-state index contributed by atoms with van der Waals surface area (Å²) in [4.78, 5) is 0. The largest absolute Gasteiger partial charge is 0.494 e. The Morgan fingerprint density at radius 1 is 1.10 bits per heavy atom. The number of unbranched alkanes of at least 4 members (excludes halogenated alkanes) is 3. The van der Waals surface area contributed by atoms with Crippen molar-refractivity contribution in [2.45, 2.75) is 64.7 Å². The lowest BCUT2D eigenvalue weighted by Crippen LogP contribution is -2.17. The van der Waals surface area contributed by atoms with Crippen molar-refractivity contribution in [2.75, 3.05) is 18.5 Å². The van der Waals surface area contributed by atoms with Gasteiger partial charge in [-0.2, -0.15) is 0 Å². The molecule has 1 aliphatic carbocycles. The van der Waals surface area contributed by atoms with Crippen molar-refractivity contribution < 1.29 is 4.74 Å². The van der Waals surface area contributed by atoms with Crippen LogP contribution in [-0.2, 0) is 0 Å². The highest BCUT2D eigenvalue weighted by atomic mass is 16.5. The molecular weight excluding hydrogens is 258 g/mol. The summed E-state index contributed by atoms with van der Waals surface area (Å²) >= 11 is 0. The molecule has 0 heterocycles. The van der Waals surface area contributed by atoms with E-state index in [4.69, 9.17) is 4.74 Å². The van der Waals surface area contributed by atoms with E-state index >= 15 is 0 Å². The fraction of sp³-hybridized carbons (Fsp3) is 0.684. The van der Waals surface area contributed by atoms with Crippen molar-refractivity contribution in [3.8, 4) is 5.75 Å². The second-order valence-electron chi connectivity index (χ2n) is 6.32. The predicted molar refractivity (Wildman–Crippen MR) is 91.1 cm³/mol. The molecule has 1 aromatic carbocycles. The van der Waals surface area contributed by atoms with Crippen LogP contribution in [0.5, 0.6) is 5.75 Å². The Kier molecular flexibility index (Phi) is 7.48. The van der Waals surface area contributed by atoms with E-state index < -0.39 is 0 Å². The Bertz CT molecular complexity index is 385. The highest BCUT2D eigenvalue weighted by Crippen LogP contribution is 2.25. The summed E-state index contributed by atoms with van der Waals surface area (Å²) < 4.78 is 5.85. The number of ether oxygens (including phenoxy) is 1. The number of rotatable bonds is 9. The summed E-state index contributed by atoms with van der Waals surface area (Å²) in [6.45, 7) is 4.19. The van der Waals surface area contributed by atoms with E-state index in [-0.39, 0.29) is 0 Å². The summed E-state index contributed by atoms with van der Waals surface area (Å²) in [6.07, 6.45) is 12.1. The Morgan fingerprint density at radius 2 is 1.95 bits per heavy atom. The minimum atomic E-state index is 0.839. The van der Waals surface area contributed by atoms with E-state index in [2.05, 4.69) is 36.5 Å². The minimum Gasteiger partial charge on any atom is -0.494 e. The van der Waals surface area contributed by atoms with E-state index in [1.54, 1.807) is 0 Å². The fourth-order valence-corrected chi connectivity index (χ4v) is 3.07. The van der Waals surface area contributed by atoms with Crippen LogP contribution in [0.2, 0.25) is 0 Å². The summed E-state index contributed by atoms with van der Waals surface area (Å²) in [5, 5.41) is 3.59. The fourth-order valence-electron chi connectivity index (χ4n) is 3.07. The molecule has 0 radical (unpaired) electrons. The normalized spacial score (nSPS) is 15.9. The SMILES string of the molecule is CCCCCCOc1cccc(NCC2CCCCC2)c1. The molecule has 1 aromatic rings. The van der Waals surface area contributed by atoms with Crippen LogP contribution in [-0.4, -0.2) is 13.2 Å². The van der Waals surface area contributed by atoms with E-state index in [9.17, 15) is 0 Å². The summed E-state index contributed by atoms with van der Waals surface area (Å²) in [7, 11) is 0. The van der Waals surface area contributed by atoms with Gasteiger partial charge in [-0.05, 0) is 37.3 Å². The second-order valence-corrected chi connectivity index (χ2v) is 6.32. The van der Waals surface area contributed by atoms with Crippen LogP contribution >= 0.6 is 0 Å². The van der Waals surface area contributed by atoms with Crippen LogP contribution in [0.25, 0.3) is 0 Å². The molecule has 0 bridgehead atoms. The van der Waals surface area contributed by atoms with Crippen molar-refractivity contribution in [2.24, 2.45) is 5.92 Å². The lowest BCUT2D eigenvalue weighted by Gasteiger charge is -2.22. The van der Waals surface area contributed by atoms with Gasteiger partial charge >= 0.3 is 0 Å². The van der Waals surface area contributed by atoms with Crippen LogP contribution < -0.4 is 10.1 Å². The average molecular weight is 289 g/mol. The van der Waals surface area contributed by atoms with Crippen molar-refractivity contribution >= 4 is 5.69 Å². The van der Waals surface area contributed by atoms with E-state index in [0.29, 0.717) is 0 Å². The zero-order valence-corrected chi connectivity index (χ0v) is 13.6. The number of hydrogen-bond acceptors (Lipinski definition) is 2. The van der Waals surface area contributed by atoms with Gasteiger partial charge in [0, 0.05) is 18.3 Å². The van der Waals surface area contributed by atoms with Crippen molar-refractivity contribution in [3.05, 3.63) is 24.3 Å². The van der Waals surface area contributed by atoms with E-state index in [1.165, 1.54) is 57.1 Å². The lowest BCUT2D eigenvalue weighted by molar-refractivity contribution is 0.305. The molecule has 0 spiro atoms. The Hall–Kier alpha value is -1.18. The third-order valence-corrected chi connectivity index (χ3v) is 4.42. The number of benzene rings is 1. The maximum absolute atomic E-state index is 5.85. The van der Waals surface area contributed by atoms with Crippen LogP contribution in [0.4, 0.5) is 5.69 Å². The molecule has 0 aliphatic heterocycles. The molecule has 2 heteroatoms. The lowest BCUT2D eigenvalue weighted by atomic mass is 9.89. The highest BCUT2D eigenvalue weighted by molar-refractivity contribution is 5.48. The molecule has 118 valence electrons. The molecule has 1 saturated carbocycles. The first-order valence-corrected chi connectivity index (χ1v) is 8.85. The van der Waals surface area contributed by atoms with Gasteiger partial charge in [0.25, 0.3) is 0 Å². The molecule has 0 atom stereocenters. The van der Waals surface area contributed by atoms with Crippen LogP contribution in [0.15, 0.2) is 24.3 Å². The number of nitrogens with one attached hydrogen (secondary N) is 1. The maximum Gasteiger partial charge on any atom is 0.121 e. The maximum atomic E-state index is 5.85.